The molecule has 0 aliphatic rings. The zero-order valence-corrected chi connectivity index (χ0v) is 13.7. The lowest BCUT2D eigenvalue weighted by atomic mass is 10.0. The molecule has 0 aromatic heterocycles. The Balaban J connectivity index is -0.000000529. The van der Waals surface area contributed by atoms with Crippen molar-refractivity contribution in [1.29, 1.82) is 0 Å². The summed E-state index contributed by atoms with van der Waals surface area (Å²) in [5.41, 5.74) is 4.85. The molecule has 0 aliphatic heterocycles. The molecule has 0 heterocycles. The number of rotatable bonds is 3. The zero-order chi connectivity index (χ0) is 15.3. The van der Waals surface area contributed by atoms with Crippen molar-refractivity contribution < 1.29 is 0 Å². The summed E-state index contributed by atoms with van der Waals surface area (Å²) >= 11 is 0. The van der Waals surface area contributed by atoms with Crippen LogP contribution in [0.1, 0.15) is 60.1 Å². The highest BCUT2D eigenvalue weighted by atomic mass is 14.0. The second-order valence-corrected chi connectivity index (χ2v) is 3.79. The molecule has 1 rings (SSSR count). The molecule has 0 heteroatoms. The van der Waals surface area contributed by atoms with Gasteiger partial charge in [0, 0.05) is 0 Å². The Bertz CT molecular complexity index is 389. The van der Waals surface area contributed by atoms with Crippen molar-refractivity contribution in [3.05, 3.63) is 65.8 Å². The van der Waals surface area contributed by atoms with Crippen LogP contribution in [0.2, 0.25) is 0 Å². The van der Waals surface area contributed by atoms with Crippen molar-refractivity contribution in [3.63, 3.8) is 0 Å². The monoisotopic (exact) mass is 274 g/mol. The molecule has 0 saturated carbocycles. The molecule has 0 bridgehead atoms. The summed E-state index contributed by atoms with van der Waals surface area (Å²) in [5, 5.41) is 0. The predicted octanol–water partition coefficient (Wildman–Crippen LogP) is 7.22. The topological polar surface area (TPSA) is 0 Å². The number of hydrogen-bond donors (Lipinski definition) is 0. The van der Waals surface area contributed by atoms with Gasteiger partial charge in [-0.05, 0) is 31.9 Å². The second kappa shape index (κ2) is 15.5. The fourth-order valence-corrected chi connectivity index (χ4v) is 1.34. The molecular formula is C20H34. The van der Waals surface area contributed by atoms with E-state index in [1.165, 1.54) is 16.7 Å². The van der Waals surface area contributed by atoms with E-state index in [-0.39, 0.29) is 7.43 Å². The SMILES string of the molecule is C.C=C(C)/C=C\C(=C/C)c1ccc(C)cc1.CC.CC. The Morgan fingerprint density at radius 2 is 1.40 bits per heavy atom. The minimum atomic E-state index is 0. The molecule has 0 radical (unpaired) electrons. The van der Waals surface area contributed by atoms with Crippen molar-refractivity contribution in [2.24, 2.45) is 0 Å². The van der Waals surface area contributed by atoms with Gasteiger partial charge in [-0.2, -0.15) is 0 Å². The molecule has 0 aliphatic carbocycles. The third-order valence-electron chi connectivity index (χ3n) is 2.24. The van der Waals surface area contributed by atoms with Gasteiger partial charge >= 0.3 is 0 Å². The van der Waals surface area contributed by atoms with Crippen LogP contribution in [0.3, 0.4) is 0 Å². The molecular weight excluding hydrogens is 240 g/mol. The summed E-state index contributed by atoms with van der Waals surface area (Å²) < 4.78 is 0. The number of benzene rings is 1. The first-order chi connectivity index (χ1) is 9.13. The summed E-state index contributed by atoms with van der Waals surface area (Å²) in [7, 11) is 0. The van der Waals surface area contributed by atoms with Crippen molar-refractivity contribution in [2.45, 2.75) is 55.9 Å². The van der Waals surface area contributed by atoms with Crippen LogP contribution in [-0.4, -0.2) is 0 Å². The van der Waals surface area contributed by atoms with Crippen LogP contribution in [0.15, 0.2) is 54.6 Å². The molecule has 20 heavy (non-hydrogen) atoms. The van der Waals surface area contributed by atoms with Crippen molar-refractivity contribution >= 4 is 5.57 Å². The Labute approximate surface area is 127 Å². The van der Waals surface area contributed by atoms with Crippen molar-refractivity contribution in [1.82, 2.24) is 0 Å². The lowest BCUT2D eigenvalue weighted by Gasteiger charge is -2.02. The van der Waals surface area contributed by atoms with E-state index in [9.17, 15) is 0 Å². The predicted molar refractivity (Wildman–Crippen MR) is 98.2 cm³/mol. The van der Waals surface area contributed by atoms with Crippen LogP contribution in [0.4, 0.5) is 0 Å². The van der Waals surface area contributed by atoms with Gasteiger partial charge in [0.15, 0.2) is 0 Å². The Hall–Kier alpha value is -1.56. The van der Waals surface area contributed by atoms with Gasteiger partial charge < -0.3 is 0 Å². The highest BCUT2D eigenvalue weighted by Crippen LogP contribution is 2.16. The molecule has 1 aromatic rings. The average molecular weight is 274 g/mol. The fraction of sp³-hybridized carbons (Fsp3) is 0.400. The quantitative estimate of drug-likeness (QED) is 0.510. The van der Waals surface area contributed by atoms with E-state index in [1.807, 2.05) is 40.7 Å². The second-order valence-electron chi connectivity index (χ2n) is 3.79. The number of hydrogen-bond acceptors (Lipinski definition) is 0. The van der Waals surface area contributed by atoms with Gasteiger partial charge in [-0.15, -0.1) is 0 Å². The van der Waals surface area contributed by atoms with Gasteiger partial charge in [0.25, 0.3) is 0 Å². The Kier molecular flexibility index (Phi) is 18.2. The molecule has 0 fully saturated rings. The molecule has 0 nitrogen and oxygen atoms in total. The lowest BCUT2D eigenvalue weighted by molar-refractivity contribution is 1.45. The van der Waals surface area contributed by atoms with E-state index in [1.54, 1.807) is 0 Å². The fourth-order valence-electron chi connectivity index (χ4n) is 1.34. The van der Waals surface area contributed by atoms with E-state index >= 15 is 0 Å². The molecule has 0 atom stereocenters. The maximum absolute atomic E-state index is 3.86. The molecule has 0 spiro atoms. The number of aryl methyl sites for hydroxylation is 1. The smallest absolute Gasteiger partial charge is 0.0187 e. The summed E-state index contributed by atoms with van der Waals surface area (Å²) in [6, 6.07) is 8.56. The van der Waals surface area contributed by atoms with E-state index in [0.29, 0.717) is 0 Å². The summed E-state index contributed by atoms with van der Waals surface area (Å²) in [6.45, 7) is 18.0. The first kappa shape index (κ1) is 23.5. The standard InChI is InChI=1S/C15H18.2C2H6.CH4/c1-5-14(9-6-12(2)3)15-10-7-13(4)8-11-15;2*1-2;/h5-11H,2H2,1,3-4H3;2*1-2H3;1H4/b9-6-,14-5+;;;. The van der Waals surface area contributed by atoms with Crippen LogP contribution < -0.4 is 0 Å². The highest BCUT2D eigenvalue weighted by molar-refractivity contribution is 5.74. The van der Waals surface area contributed by atoms with Crippen LogP contribution in [0.25, 0.3) is 5.57 Å². The summed E-state index contributed by atoms with van der Waals surface area (Å²) in [4.78, 5) is 0. The lowest BCUT2D eigenvalue weighted by Crippen LogP contribution is -1.81. The molecule has 0 saturated heterocycles. The minimum absolute atomic E-state index is 0. The maximum atomic E-state index is 3.86. The first-order valence-electron chi connectivity index (χ1n) is 7.20. The normalized spacial score (nSPS) is 9.65. The molecule has 1 aromatic carbocycles. The van der Waals surface area contributed by atoms with Gasteiger partial charge in [0.1, 0.15) is 0 Å². The Morgan fingerprint density at radius 1 is 0.950 bits per heavy atom. The van der Waals surface area contributed by atoms with Crippen LogP contribution in [-0.2, 0) is 0 Å². The van der Waals surface area contributed by atoms with E-state index in [2.05, 4.69) is 56.8 Å². The average Bonchev–Trinajstić information content (AvgIpc) is 2.45. The Morgan fingerprint density at radius 3 is 1.75 bits per heavy atom. The maximum Gasteiger partial charge on any atom is -0.0187 e. The molecule has 0 unspecified atom stereocenters. The van der Waals surface area contributed by atoms with E-state index < -0.39 is 0 Å². The zero-order valence-electron chi connectivity index (χ0n) is 13.7. The van der Waals surface area contributed by atoms with E-state index in [4.69, 9.17) is 0 Å². The highest BCUT2D eigenvalue weighted by Gasteiger charge is 1.95. The summed E-state index contributed by atoms with van der Waals surface area (Å²) in [5.74, 6) is 0. The van der Waals surface area contributed by atoms with Gasteiger partial charge in [0.2, 0.25) is 0 Å². The van der Waals surface area contributed by atoms with Gasteiger partial charge in [-0.1, -0.05) is 95.3 Å². The number of allylic oxidation sites excluding steroid dienone is 5. The summed E-state index contributed by atoms with van der Waals surface area (Å²) in [6.07, 6.45) is 6.26. The molecule has 0 amide bonds. The minimum Gasteiger partial charge on any atom is -0.0961 e. The van der Waals surface area contributed by atoms with Crippen molar-refractivity contribution in [3.8, 4) is 0 Å². The molecule has 0 N–H and O–H groups in total. The molecule has 114 valence electrons. The van der Waals surface area contributed by atoms with E-state index in [0.717, 1.165) is 5.57 Å². The third kappa shape index (κ3) is 10.4. The van der Waals surface area contributed by atoms with Gasteiger partial charge in [0.05, 0.1) is 0 Å². The van der Waals surface area contributed by atoms with Crippen LogP contribution in [0, 0.1) is 6.92 Å². The van der Waals surface area contributed by atoms with Gasteiger partial charge in [-0.25, -0.2) is 0 Å². The van der Waals surface area contributed by atoms with Crippen LogP contribution in [0.5, 0.6) is 0 Å². The van der Waals surface area contributed by atoms with Gasteiger partial charge in [-0.3, -0.25) is 0 Å². The first-order valence-corrected chi connectivity index (χ1v) is 7.20. The van der Waals surface area contributed by atoms with Crippen molar-refractivity contribution in [2.75, 3.05) is 0 Å². The van der Waals surface area contributed by atoms with Crippen LogP contribution >= 0.6 is 0 Å². The third-order valence-corrected chi connectivity index (χ3v) is 2.24. The largest absolute Gasteiger partial charge is 0.0961 e.